The number of ether oxygens (including phenoxy) is 1. The number of halogens is 1. The van der Waals surface area contributed by atoms with Crippen LogP contribution >= 0.6 is 23.4 Å². The topological polar surface area (TPSA) is 26.3 Å². The van der Waals surface area contributed by atoms with Crippen molar-refractivity contribution in [3.05, 3.63) is 64.7 Å². The highest BCUT2D eigenvalue weighted by atomic mass is 35.5. The molecule has 0 saturated heterocycles. The first kappa shape index (κ1) is 14.0. The summed E-state index contributed by atoms with van der Waals surface area (Å²) in [4.78, 5) is 12.4. The van der Waals surface area contributed by atoms with Gasteiger partial charge in [0.1, 0.15) is 0 Å². The molecule has 0 aliphatic heterocycles. The van der Waals surface area contributed by atoms with E-state index in [0.717, 1.165) is 15.7 Å². The molecule has 2 rings (SSSR count). The lowest BCUT2D eigenvalue weighted by Gasteiger charge is -2.04. The summed E-state index contributed by atoms with van der Waals surface area (Å²) in [5.74, 6) is 0.532. The van der Waals surface area contributed by atoms with Crippen molar-refractivity contribution >= 4 is 29.3 Å². The maximum Gasteiger partial charge on any atom is 0.337 e. The van der Waals surface area contributed by atoms with E-state index in [2.05, 4.69) is 4.74 Å². The zero-order valence-corrected chi connectivity index (χ0v) is 12.0. The normalized spacial score (nSPS) is 10.2. The second-order valence-electron chi connectivity index (χ2n) is 3.93. The minimum absolute atomic E-state index is 0.314. The third-order valence-corrected chi connectivity index (χ3v) is 3.89. The van der Waals surface area contributed by atoms with Crippen LogP contribution in [0, 0.1) is 0 Å². The molecule has 0 radical (unpaired) electrons. The molecule has 98 valence electrons. The zero-order valence-electron chi connectivity index (χ0n) is 10.4. The van der Waals surface area contributed by atoms with Crippen LogP contribution in [-0.2, 0) is 10.5 Å². The van der Waals surface area contributed by atoms with Crippen LogP contribution in [0.2, 0.25) is 5.02 Å². The van der Waals surface area contributed by atoms with Crippen LogP contribution in [0.15, 0.2) is 53.4 Å². The summed E-state index contributed by atoms with van der Waals surface area (Å²) in [5, 5.41) is 0.749. The first-order valence-corrected chi connectivity index (χ1v) is 7.11. The van der Waals surface area contributed by atoms with E-state index in [9.17, 15) is 4.79 Å². The Morgan fingerprint density at radius 3 is 2.58 bits per heavy atom. The number of thioether (sulfide) groups is 1. The van der Waals surface area contributed by atoms with Crippen LogP contribution < -0.4 is 0 Å². The van der Waals surface area contributed by atoms with Crippen LogP contribution in [0.25, 0.3) is 0 Å². The van der Waals surface area contributed by atoms with Gasteiger partial charge in [0.25, 0.3) is 0 Å². The molecule has 0 bridgehead atoms. The number of hydrogen-bond acceptors (Lipinski definition) is 3. The van der Waals surface area contributed by atoms with E-state index in [1.54, 1.807) is 23.9 Å². The fourth-order valence-corrected chi connectivity index (χ4v) is 2.65. The number of esters is 1. The molecular weight excluding hydrogens is 280 g/mol. The Labute approximate surface area is 121 Å². The third kappa shape index (κ3) is 4.01. The lowest BCUT2D eigenvalue weighted by Crippen LogP contribution is -2.00. The van der Waals surface area contributed by atoms with E-state index in [-0.39, 0.29) is 5.97 Å². The van der Waals surface area contributed by atoms with Crippen molar-refractivity contribution in [1.29, 1.82) is 0 Å². The molecule has 0 unspecified atom stereocenters. The Balaban J connectivity index is 1.98. The molecule has 0 heterocycles. The SMILES string of the molecule is COC(=O)c1ccc(SCc2cccc(Cl)c2)cc1. The molecule has 0 aliphatic rings. The molecule has 2 nitrogen and oxygen atoms in total. The fraction of sp³-hybridized carbons (Fsp3) is 0.133. The van der Waals surface area contributed by atoms with Crippen molar-refractivity contribution in [2.45, 2.75) is 10.6 Å². The maximum atomic E-state index is 11.3. The predicted octanol–water partition coefficient (Wildman–Crippen LogP) is 4.42. The molecule has 0 amide bonds. The van der Waals surface area contributed by atoms with E-state index in [1.165, 1.54) is 12.7 Å². The molecule has 4 heteroatoms. The van der Waals surface area contributed by atoms with E-state index in [0.29, 0.717) is 5.56 Å². The second-order valence-corrected chi connectivity index (χ2v) is 5.42. The Morgan fingerprint density at radius 2 is 1.95 bits per heavy atom. The summed E-state index contributed by atoms with van der Waals surface area (Å²) in [6, 6.07) is 15.2. The molecule has 0 aliphatic carbocycles. The molecule has 19 heavy (non-hydrogen) atoms. The van der Waals surface area contributed by atoms with Gasteiger partial charge in [-0.15, -0.1) is 11.8 Å². The Kier molecular flexibility index (Phi) is 4.88. The summed E-state index contributed by atoms with van der Waals surface area (Å²) in [6.07, 6.45) is 0. The number of benzene rings is 2. The van der Waals surface area contributed by atoms with Crippen molar-refractivity contribution in [2.75, 3.05) is 7.11 Å². The highest BCUT2D eigenvalue weighted by molar-refractivity contribution is 7.98. The number of carbonyl (C=O) groups is 1. The van der Waals surface area contributed by atoms with Crippen LogP contribution in [0.4, 0.5) is 0 Å². The quantitative estimate of drug-likeness (QED) is 0.616. The first-order chi connectivity index (χ1) is 9.19. The molecular formula is C15H13ClO2S. The maximum absolute atomic E-state index is 11.3. The van der Waals surface area contributed by atoms with Gasteiger partial charge in [0.05, 0.1) is 12.7 Å². The van der Waals surface area contributed by atoms with Gasteiger partial charge in [-0.25, -0.2) is 4.79 Å². The number of carbonyl (C=O) groups excluding carboxylic acids is 1. The lowest BCUT2D eigenvalue weighted by molar-refractivity contribution is 0.0600. The van der Waals surface area contributed by atoms with Crippen LogP contribution in [0.5, 0.6) is 0 Å². The summed E-state index contributed by atoms with van der Waals surface area (Å²) < 4.78 is 4.66. The molecule has 0 saturated carbocycles. The minimum Gasteiger partial charge on any atom is -0.465 e. The fourth-order valence-electron chi connectivity index (χ4n) is 1.60. The van der Waals surface area contributed by atoms with Gasteiger partial charge in [0.2, 0.25) is 0 Å². The van der Waals surface area contributed by atoms with Gasteiger partial charge in [0, 0.05) is 15.7 Å². The number of hydrogen-bond donors (Lipinski definition) is 0. The first-order valence-electron chi connectivity index (χ1n) is 5.74. The van der Waals surface area contributed by atoms with E-state index >= 15 is 0 Å². The predicted molar refractivity (Wildman–Crippen MR) is 78.8 cm³/mol. The molecule has 0 spiro atoms. The summed E-state index contributed by atoms with van der Waals surface area (Å²) >= 11 is 7.64. The van der Waals surface area contributed by atoms with Gasteiger partial charge in [-0.05, 0) is 42.0 Å². The van der Waals surface area contributed by atoms with Crippen LogP contribution in [0.1, 0.15) is 15.9 Å². The lowest BCUT2D eigenvalue weighted by atomic mass is 10.2. The average Bonchev–Trinajstić information content (AvgIpc) is 2.45. The van der Waals surface area contributed by atoms with Gasteiger partial charge < -0.3 is 4.74 Å². The Morgan fingerprint density at radius 1 is 1.21 bits per heavy atom. The van der Waals surface area contributed by atoms with Crippen molar-refractivity contribution < 1.29 is 9.53 Å². The molecule has 0 aromatic heterocycles. The van der Waals surface area contributed by atoms with Crippen molar-refractivity contribution in [3.63, 3.8) is 0 Å². The van der Waals surface area contributed by atoms with Gasteiger partial charge in [0.15, 0.2) is 0 Å². The smallest absolute Gasteiger partial charge is 0.337 e. The van der Waals surface area contributed by atoms with Crippen molar-refractivity contribution in [1.82, 2.24) is 0 Å². The minimum atomic E-state index is -0.314. The van der Waals surface area contributed by atoms with Gasteiger partial charge in [-0.2, -0.15) is 0 Å². The van der Waals surface area contributed by atoms with E-state index in [1.807, 2.05) is 36.4 Å². The van der Waals surface area contributed by atoms with Gasteiger partial charge in [-0.3, -0.25) is 0 Å². The number of rotatable bonds is 4. The zero-order chi connectivity index (χ0) is 13.7. The Bertz CT molecular complexity index is 567. The van der Waals surface area contributed by atoms with Gasteiger partial charge >= 0.3 is 5.97 Å². The molecule has 0 atom stereocenters. The summed E-state index contributed by atoms with van der Waals surface area (Å²) in [6.45, 7) is 0. The molecule has 0 fully saturated rings. The monoisotopic (exact) mass is 292 g/mol. The largest absolute Gasteiger partial charge is 0.465 e. The average molecular weight is 293 g/mol. The van der Waals surface area contributed by atoms with Crippen LogP contribution in [-0.4, -0.2) is 13.1 Å². The third-order valence-electron chi connectivity index (χ3n) is 2.57. The second kappa shape index (κ2) is 6.64. The summed E-state index contributed by atoms with van der Waals surface area (Å²) in [5.41, 5.74) is 1.74. The van der Waals surface area contributed by atoms with E-state index < -0.39 is 0 Å². The highest BCUT2D eigenvalue weighted by Gasteiger charge is 2.04. The molecule has 0 N–H and O–H groups in total. The highest BCUT2D eigenvalue weighted by Crippen LogP contribution is 2.24. The van der Waals surface area contributed by atoms with Gasteiger partial charge in [-0.1, -0.05) is 23.7 Å². The Hall–Kier alpha value is -1.45. The standard InChI is InChI=1S/C15H13ClO2S/c1-18-15(17)12-5-7-14(8-6-12)19-10-11-3-2-4-13(16)9-11/h2-9H,10H2,1H3. The number of methoxy groups -OCH3 is 1. The van der Waals surface area contributed by atoms with E-state index in [4.69, 9.17) is 11.6 Å². The van der Waals surface area contributed by atoms with Crippen molar-refractivity contribution in [2.24, 2.45) is 0 Å². The van der Waals surface area contributed by atoms with Crippen molar-refractivity contribution in [3.8, 4) is 0 Å². The molecule has 2 aromatic carbocycles. The summed E-state index contributed by atoms with van der Waals surface area (Å²) in [7, 11) is 1.38. The van der Waals surface area contributed by atoms with Crippen LogP contribution in [0.3, 0.4) is 0 Å². The molecule has 2 aromatic rings.